The molecule has 8 nitrogen and oxygen atoms in total. The fourth-order valence-corrected chi connectivity index (χ4v) is 6.51. The topological polar surface area (TPSA) is 110 Å². The summed E-state index contributed by atoms with van der Waals surface area (Å²) >= 11 is 12.8. The number of carbonyl (C=O) groups is 1. The lowest BCUT2D eigenvalue weighted by atomic mass is 10.2. The molecule has 0 spiro atoms. The summed E-state index contributed by atoms with van der Waals surface area (Å²) in [5.74, 6) is -0.112. The van der Waals surface area contributed by atoms with Crippen LogP contribution in [0.2, 0.25) is 10.0 Å². The van der Waals surface area contributed by atoms with Gasteiger partial charge >= 0.3 is 5.97 Å². The van der Waals surface area contributed by atoms with Crippen molar-refractivity contribution in [2.24, 2.45) is 0 Å². The zero-order chi connectivity index (χ0) is 23.9. The molecule has 2 aromatic carbocycles. The van der Waals surface area contributed by atoms with Crippen LogP contribution in [-0.2, 0) is 21.4 Å². The summed E-state index contributed by atoms with van der Waals surface area (Å²) in [5.41, 5.74) is 1.72. The number of aliphatic carboxylic acids is 1. The summed E-state index contributed by atoms with van der Waals surface area (Å²) in [6, 6.07) is 7.04. The fraction of sp³-hybridized carbons (Fsp3) is 0.318. The number of carboxylic acids is 1. The molecule has 1 fully saturated rings. The van der Waals surface area contributed by atoms with Crippen LogP contribution >= 0.6 is 23.2 Å². The van der Waals surface area contributed by atoms with Crippen molar-refractivity contribution in [2.75, 3.05) is 6.54 Å². The van der Waals surface area contributed by atoms with Gasteiger partial charge in [0.2, 0.25) is 10.0 Å². The van der Waals surface area contributed by atoms with Gasteiger partial charge < -0.3 is 9.84 Å². The number of carboxylic acid groups (broad SMARTS) is 1. The maximum atomic E-state index is 13.2. The van der Waals surface area contributed by atoms with Crippen LogP contribution in [0.15, 0.2) is 35.2 Å². The minimum absolute atomic E-state index is 0.0965. The van der Waals surface area contributed by atoms with Crippen LogP contribution in [0, 0.1) is 13.8 Å². The van der Waals surface area contributed by atoms with Crippen LogP contribution in [0.3, 0.4) is 0 Å². The zero-order valence-electron chi connectivity index (χ0n) is 17.9. The standard InChI is InChI=1S/C22H21Cl2N3O5S/c1-12-14-5-3-7-18(21(14)26-13(2)25-12)32-11-15-16(23)8-9-19(20(15)24)33(30,31)27-10-4-6-17(27)22(28)29/h3,5,7-9,17H,4,6,10-11H2,1-2H3,(H,28,29)/t17-/m0/s1. The third-order valence-electron chi connectivity index (χ3n) is 5.59. The van der Waals surface area contributed by atoms with Crippen LogP contribution in [0.1, 0.15) is 29.9 Å². The number of ether oxygens (including phenoxy) is 1. The van der Waals surface area contributed by atoms with Gasteiger partial charge in [-0.1, -0.05) is 35.3 Å². The Bertz CT molecular complexity index is 1360. The first-order valence-corrected chi connectivity index (χ1v) is 12.4. The van der Waals surface area contributed by atoms with Gasteiger partial charge in [0, 0.05) is 28.2 Å². The number of halogens is 2. The van der Waals surface area contributed by atoms with E-state index in [-0.39, 0.29) is 40.1 Å². The minimum atomic E-state index is -4.15. The van der Waals surface area contributed by atoms with E-state index in [9.17, 15) is 18.3 Å². The second-order valence-corrected chi connectivity index (χ2v) is 10.4. The molecule has 1 aliphatic heterocycles. The van der Waals surface area contributed by atoms with E-state index in [1.54, 1.807) is 13.0 Å². The van der Waals surface area contributed by atoms with Gasteiger partial charge in [0.25, 0.3) is 0 Å². The molecule has 1 N–H and O–H groups in total. The quantitative estimate of drug-likeness (QED) is 0.525. The van der Waals surface area contributed by atoms with E-state index in [4.69, 9.17) is 27.9 Å². The summed E-state index contributed by atoms with van der Waals surface area (Å²) in [4.78, 5) is 20.1. The zero-order valence-corrected chi connectivity index (χ0v) is 20.2. The third-order valence-corrected chi connectivity index (χ3v) is 8.44. The average Bonchev–Trinajstić information content (AvgIpc) is 3.25. The lowest BCUT2D eigenvalue weighted by Crippen LogP contribution is -2.40. The van der Waals surface area contributed by atoms with Gasteiger partial charge in [0.1, 0.15) is 34.6 Å². The lowest BCUT2D eigenvalue weighted by Gasteiger charge is -2.22. The van der Waals surface area contributed by atoms with Crippen molar-refractivity contribution < 1.29 is 23.1 Å². The van der Waals surface area contributed by atoms with E-state index in [1.807, 2.05) is 19.1 Å². The number of benzene rings is 2. The fourth-order valence-electron chi connectivity index (χ4n) is 3.99. The van der Waals surface area contributed by atoms with Gasteiger partial charge in [-0.25, -0.2) is 18.4 Å². The summed E-state index contributed by atoms with van der Waals surface area (Å²) < 4.78 is 33.4. The molecule has 0 bridgehead atoms. The Balaban J connectivity index is 1.69. The van der Waals surface area contributed by atoms with Crippen LogP contribution < -0.4 is 4.74 Å². The van der Waals surface area contributed by atoms with Crippen LogP contribution in [0.4, 0.5) is 0 Å². The van der Waals surface area contributed by atoms with Crippen molar-refractivity contribution in [3.05, 3.63) is 57.5 Å². The first-order chi connectivity index (χ1) is 15.6. The van der Waals surface area contributed by atoms with Crippen molar-refractivity contribution in [1.82, 2.24) is 14.3 Å². The molecule has 3 aromatic rings. The monoisotopic (exact) mass is 509 g/mol. The molecular weight excluding hydrogens is 489 g/mol. The van der Waals surface area contributed by atoms with Crippen molar-refractivity contribution in [3.63, 3.8) is 0 Å². The number of aromatic nitrogens is 2. The summed E-state index contributed by atoms with van der Waals surface area (Å²) in [5, 5.41) is 10.4. The van der Waals surface area contributed by atoms with Gasteiger partial charge in [-0.15, -0.1) is 0 Å². The number of rotatable bonds is 6. The van der Waals surface area contributed by atoms with Gasteiger partial charge in [-0.2, -0.15) is 4.31 Å². The number of sulfonamides is 1. The van der Waals surface area contributed by atoms with Crippen LogP contribution in [0.25, 0.3) is 10.9 Å². The second-order valence-electron chi connectivity index (χ2n) is 7.75. The molecule has 1 aliphatic rings. The number of fused-ring (bicyclic) bond motifs is 1. The Labute approximate surface area is 201 Å². The average molecular weight is 510 g/mol. The Morgan fingerprint density at radius 1 is 1.21 bits per heavy atom. The number of hydrogen-bond acceptors (Lipinski definition) is 6. The molecule has 0 radical (unpaired) electrons. The number of aryl methyl sites for hydroxylation is 2. The first kappa shape index (κ1) is 23.7. The predicted molar refractivity (Wildman–Crippen MR) is 124 cm³/mol. The number of hydrogen-bond donors (Lipinski definition) is 1. The van der Waals surface area contributed by atoms with Crippen molar-refractivity contribution in [3.8, 4) is 5.75 Å². The molecule has 1 atom stereocenters. The molecule has 4 rings (SSSR count). The van der Waals surface area contributed by atoms with E-state index in [0.717, 1.165) is 15.4 Å². The van der Waals surface area contributed by atoms with Crippen LogP contribution in [0.5, 0.6) is 5.75 Å². The SMILES string of the molecule is Cc1nc(C)c2cccc(OCc3c(Cl)ccc(S(=O)(=O)N4CCC[C@H]4C(=O)O)c3Cl)c2n1. The summed E-state index contributed by atoms with van der Waals surface area (Å²) in [6.07, 6.45) is 0.705. The number of nitrogens with zero attached hydrogens (tertiary/aromatic N) is 3. The molecule has 1 aromatic heterocycles. The van der Waals surface area contributed by atoms with Crippen molar-refractivity contribution >= 4 is 50.1 Å². The molecular formula is C22H21Cl2N3O5S. The minimum Gasteiger partial charge on any atom is -0.487 e. The summed E-state index contributed by atoms with van der Waals surface area (Å²) in [7, 11) is -4.15. The second kappa shape index (κ2) is 9.06. The highest BCUT2D eigenvalue weighted by atomic mass is 35.5. The Kier molecular flexibility index (Phi) is 6.50. The largest absolute Gasteiger partial charge is 0.487 e. The van der Waals surface area contributed by atoms with Crippen LogP contribution in [-0.4, -0.2) is 46.4 Å². The molecule has 11 heteroatoms. The summed E-state index contributed by atoms with van der Waals surface area (Å²) in [6.45, 7) is 3.67. The predicted octanol–water partition coefficient (Wildman–Crippen LogP) is 4.37. The van der Waals surface area contributed by atoms with Gasteiger partial charge in [-0.3, -0.25) is 4.79 Å². The maximum absolute atomic E-state index is 13.2. The highest BCUT2D eigenvalue weighted by Gasteiger charge is 2.40. The highest BCUT2D eigenvalue weighted by molar-refractivity contribution is 7.89. The van der Waals surface area contributed by atoms with E-state index < -0.39 is 22.0 Å². The van der Waals surface area contributed by atoms with Crippen molar-refractivity contribution in [2.45, 2.75) is 44.2 Å². The molecule has 0 amide bonds. The highest BCUT2D eigenvalue weighted by Crippen LogP contribution is 2.36. The molecule has 0 unspecified atom stereocenters. The van der Waals surface area contributed by atoms with E-state index >= 15 is 0 Å². The Morgan fingerprint density at radius 3 is 2.70 bits per heavy atom. The molecule has 33 heavy (non-hydrogen) atoms. The Hall–Kier alpha value is -2.46. The maximum Gasteiger partial charge on any atom is 0.322 e. The Morgan fingerprint density at radius 2 is 1.97 bits per heavy atom. The molecule has 2 heterocycles. The van der Waals surface area contributed by atoms with Gasteiger partial charge in [0.15, 0.2) is 0 Å². The molecule has 174 valence electrons. The molecule has 1 saturated heterocycles. The molecule has 0 aliphatic carbocycles. The van der Waals surface area contributed by atoms with E-state index in [1.165, 1.54) is 12.1 Å². The van der Waals surface area contributed by atoms with E-state index in [0.29, 0.717) is 23.5 Å². The van der Waals surface area contributed by atoms with Gasteiger partial charge in [0.05, 0.1) is 5.02 Å². The van der Waals surface area contributed by atoms with Crippen molar-refractivity contribution in [1.29, 1.82) is 0 Å². The van der Waals surface area contributed by atoms with E-state index in [2.05, 4.69) is 9.97 Å². The lowest BCUT2D eigenvalue weighted by molar-refractivity contribution is -0.140. The number of para-hydroxylation sites is 1. The van der Waals surface area contributed by atoms with Gasteiger partial charge in [-0.05, 0) is 44.9 Å². The molecule has 0 saturated carbocycles. The normalized spacial score (nSPS) is 16.9. The first-order valence-electron chi connectivity index (χ1n) is 10.2. The third kappa shape index (κ3) is 4.38. The smallest absolute Gasteiger partial charge is 0.322 e.